The van der Waals surface area contributed by atoms with E-state index in [2.05, 4.69) is 22.4 Å². The summed E-state index contributed by atoms with van der Waals surface area (Å²) in [5.74, 6) is 3.32. The first-order valence-corrected chi connectivity index (χ1v) is 8.28. The van der Waals surface area contributed by atoms with E-state index >= 15 is 0 Å². The Morgan fingerprint density at radius 3 is 2.62 bits per heavy atom. The number of rotatable bonds is 4. The molecule has 0 aromatic carbocycles. The van der Waals surface area contributed by atoms with Crippen molar-refractivity contribution in [1.82, 2.24) is 10.2 Å². The first-order chi connectivity index (χ1) is 9.97. The van der Waals surface area contributed by atoms with E-state index in [0.717, 1.165) is 40.4 Å². The molecule has 4 nitrogen and oxygen atoms in total. The van der Waals surface area contributed by atoms with E-state index in [9.17, 15) is 0 Å². The maximum atomic E-state index is 5.90. The molecular formula is C16H24N4S. The number of hydrogen-bond acceptors (Lipinski definition) is 4. The molecule has 4 unspecified atom stereocenters. The number of thiocarbonyl (C=S) groups is 1. The lowest BCUT2D eigenvalue weighted by Crippen LogP contribution is -2.31. The van der Waals surface area contributed by atoms with Crippen LogP contribution >= 0.6 is 12.2 Å². The summed E-state index contributed by atoms with van der Waals surface area (Å²) in [6, 6.07) is 0.393. The highest BCUT2D eigenvalue weighted by Gasteiger charge is 2.42. The summed E-state index contributed by atoms with van der Waals surface area (Å²) < 4.78 is 0. The van der Waals surface area contributed by atoms with E-state index in [1.165, 1.54) is 25.7 Å². The van der Waals surface area contributed by atoms with Gasteiger partial charge in [-0.05, 0) is 63.4 Å². The van der Waals surface area contributed by atoms with Crippen molar-refractivity contribution in [3.8, 4) is 0 Å². The summed E-state index contributed by atoms with van der Waals surface area (Å²) in [7, 11) is 0. The van der Waals surface area contributed by atoms with Gasteiger partial charge in [-0.2, -0.15) is 5.10 Å². The molecule has 0 radical (unpaired) electrons. The standard InChI is InChI=1S/C16H24N4S/c1-8-9(2)19-20-16(14(8)15(17)21)18-10(3)13-7-11-4-5-12(13)6-11/h10-13H,4-7H2,1-3H3,(H2,17,21)(H,18,20). The second kappa shape index (κ2) is 5.52. The van der Waals surface area contributed by atoms with Crippen molar-refractivity contribution in [3.63, 3.8) is 0 Å². The minimum Gasteiger partial charge on any atom is -0.389 e. The van der Waals surface area contributed by atoms with Gasteiger partial charge in [0.15, 0.2) is 5.82 Å². The Kier molecular flexibility index (Phi) is 3.86. The molecule has 5 heteroatoms. The Morgan fingerprint density at radius 1 is 1.29 bits per heavy atom. The highest BCUT2D eigenvalue weighted by Crippen LogP contribution is 2.49. The molecule has 2 aliphatic carbocycles. The smallest absolute Gasteiger partial charge is 0.159 e. The summed E-state index contributed by atoms with van der Waals surface area (Å²) in [5, 5.41) is 12.1. The molecule has 1 heterocycles. The van der Waals surface area contributed by atoms with Gasteiger partial charge in [0.1, 0.15) is 4.99 Å². The Bertz CT molecular complexity index is 572. The minimum atomic E-state index is 0.393. The molecule has 0 amide bonds. The van der Waals surface area contributed by atoms with Crippen molar-refractivity contribution in [1.29, 1.82) is 0 Å². The van der Waals surface area contributed by atoms with Gasteiger partial charge in [0.05, 0.1) is 11.3 Å². The van der Waals surface area contributed by atoms with Gasteiger partial charge in [0.25, 0.3) is 0 Å². The van der Waals surface area contributed by atoms with E-state index < -0.39 is 0 Å². The minimum absolute atomic E-state index is 0.393. The second-order valence-corrected chi connectivity index (χ2v) is 7.21. The highest BCUT2D eigenvalue weighted by atomic mass is 32.1. The van der Waals surface area contributed by atoms with E-state index in [0.29, 0.717) is 11.0 Å². The second-order valence-electron chi connectivity index (χ2n) is 6.77. The van der Waals surface area contributed by atoms with Crippen LogP contribution < -0.4 is 11.1 Å². The van der Waals surface area contributed by atoms with Crippen molar-refractivity contribution >= 4 is 23.0 Å². The van der Waals surface area contributed by atoms with Crippen molar-refractivity contribution in [2.24, 2.45) is 23.5 Å². The largest absolute Gasteiger partial charge is 0.389 e. The van der Waals surface area contributed by atoms with E-state index in [4.69, 9.17) is 18.0 Å². The molecule has 0 aliphatic heterocycles. The molecule has 0 spiro atoms. The fraction of sp³-hybridized carbons (Fsp3) is 0.688. The Hall–Kier alpha value is -1.23. The molecule has 114 valence electrons. The number of nitrogens with one attached hydrogen (secondary N) is 1. The molecule has 2 saturated carbocycles. The van der Waals surface area contributed by atoms with Crippen LogP contribution in [0, 0.1) is 31.6 Å². The van der Waals surface area contributed by atoms with Gasteiger partial charge in [-0.15, -0.1) is 5.10 Å². The van der Waals surface area contributed by atoms with Gasteiger partial charge in [0.2, 0.25) is 0 Å². The number of nitrogens with two attached hydrogens (primary N) is 1. The summed E-state index contributed by atoms with van der Waals surface area (Å²) in [5.41, 5.74) is 8.66. The number of anilines is 1. The van der Waals surface area contributed by atoms with Crippen LogP contribution in [0.25, 0.3) is 0 Å². The average Bonchev–Trinajstić information content (AvgIpc) is 3.05. The normalized spacial score (nSPS) is 28.6. The lowest BCUT2D eigenvalue weighted by Gasteiger charge is -2.29. The lowest BCUT2D eigenvalue weighted by atomic mass is 9.84. The highest BCUT2D eigenvalue weighted by molar-refractivity contribution is 7.80. The summed E-state index contributed by atoms with van der Waals surface area (Å²) in [4.78, 5) is 0.396. The van der Waals surface area contributed by atoms with Gasteiger partial charge in [0, 0.05) is 6.04 Å². The first-order valence-electron chi connectivity index (χ1n) is 7.87. The van der Waals surface area contributed by atoms with E-state index in [1.54, 1.807) is 0 Å². The van der Waals surface area contributed by atoms with Crippen LogP contribution in [-0.2, 0) is 0 Å². The number of fused-ring (bicyclic) bond motifs is 2. The molecule has 4 atom stereocenters. The molecule has 3 N–H and O–H groups in total. The Balaban J connectivity index is 1.81. The predicted molar refractivity (Wildman–Crippen MR) is 89.4 cm³/mol. The molecule has 2 aliphatic rings. The molecule has 2 fully saturated rings. The molecule has 0 saturated heterocycles. The Morgan fingerprint density at radius 2 is 2.05 bits per heavy atom. The number of aromatic nitrogens is 2. The third-order valence-electron chi connectivity index (χ3n) is 5.50. The van der Waals surface area contributed by atoms with Gasteiger partial charge < -0.3 is 11.1 Å². The topological polar surface area (TPSA) is 63.8 Å². The van der Waals surface area contributed by atoms with E-state index in [1.807, 2.05) is 13.8 Å². The molecule has 1 aromatic heterocycles. The van der Waals surface area contributed by atoms with Crippen LogP contribution in [-0.4, -0.2) is 21.2 Å². The molecular weight excluding hydrogens is 280 g/mol. The molecule has 3 rings (SSSR count). The quantitative estimate of drug-likeness (QED) is 0.837. The van der Waals surface area contributed by atoms with Crippen molar-refractivity contribution in [3.05, 3.63) is 16.8 Å². The summed E-state index contributed by atoms with van der Waals surface area (Å²) >= 11 is 5.21. The SMILES string of the molecule is Cc1nnc(NC(C)C2CC3CCC2C3)c(C(N)=S)c1C. The number of aryl methyl sites for hydroxylation is 1. The van der Waals surface area contributed by atoms with Gasteiger partial charge >= 0.3 is 0 Å². The lowest BCUT2D eigenvalue weighted by molar-refractivity contribution is 0.304. The first kappa shape index (κ1) is 14.7. The molecule has 1 aromatic rings. The maximum absolute atomic E-state index is 5.90. The van der Waals surface area contributed by atoms with Crippen LogP contribution in [0.1, 0.15) is 49.4 Å². The zero-order valence-electron chi connectivity index (χ0n) is 13.0. The monoisotopic (exact) mass is 304 g/mol. The Labute approximate surface area is 131 Å². The number of nitrogens with zero attached hydrogens (tertiary/aromatic N) is 2. The van der Waals surface area contributed by atoms with Gasteiger partial charge in [-0.1, -0.05) is 18.6 Å². The summed E-state index contributed by atoms with van der Waals surface area (Å²) in [6.45, 7) is 6.20. The van der Waals surface area contributed by atoms with Crippen LogP contribution in [0.3, 0.4) is 0 Å². The fourth-order valence-corrected chi connectivity index (χ4v) is 4.49. The zero-order valence-corrected chi connectivity index (χ0v) is 13.8. The zero-order chi connectivity index (χ0) is 15.1. The summed E-state index contributed by atoms with van der Waals surface area (Å²) in [6.07, 6.45) is 5.58. The van der Waals surface area contributed by atoms with Crippen LogP contribution in [0.4, 0.5) is 5.82 Å². The van der Waals surface area contributed by atoms with Crippen LogP contribution in [0.2, 0.25) is 0 Å². The third-order valence-corrected chi connectivity index (χ3v) is 5.70. The maximum Gasteiger partial charge on any atom is 0.159 e. The van der Waals surface area contributed by atoms with Crippen LogP contribution in [0.5, 0.6) is 0 Å². The van der Waals surface area contributed by atoms with Gasteiger partial charge in [-0.25, -0.2) is 0 Å². The van der Waals surface area contributed by atoms with Crippen molar-refractivity contribution in [2.45, 2.75) is 52.5 Å². The average molecular weight is 304 g/mol. The van der Waals surface area contributed by atoms with Crippen molar-refractivity contribution < 1.29 is 0 Å². The van der Waals surface area contributed by atoms with Crippen LogP contribution in [0.15, 0.2) is 0 Å². The number of hydrogen-bond donors (Lipinski definition) is 2. The predicted octanol–water partition coefficient (Wildman–Crippen LogP) is 2.96. The fourth-order valence-electron chi connectivity index (χ4n) is 4.24. The van der Waals surface area contributed by atoms with Gasteiger partial charge in [-0.3, -0.25) is 0 Å². The molecule has 2 bridgehead atoms. The third kappa shape index (κ3) is 2.63. The molecule has 21 heavy (non-hydrogen) atoms. The van der Waals surface area contributed by atoms with E-state index in [-0.39, 0.29) is 0 Å². The van der Waals surface area contributed by atoms with Crippen molar-refractivity contribution in [2.75, 3.05) is 5.32 Å².